The average Bonchev–Trinajstić information content (AvgIpc) is 2.49. The van der Waals surface area contributed by atoms with Crippen LogP contribution in [0.15, 0.2) is 77.6 Å². The van der Waals surface area contributed by atoms with E-state index < -0.39 is 0 Å². The monoisotopic (exact) mass is 294 g/mol. The molecule has 1 aromatic rings. The lowest BCUT2D eigenvalue weighted by atomic mass is 10.1. The molecule has 0 aromatic heterocycles. The van der Waals surface area contributed by atoms with Crippen LogP contribution >= 0.6 is 0 Å². The highest BCUT2D eigenvalue weighted by Gasteiger charge is 2.00. The average molecular weight is 294 g/mol. The topological polar surface area (TPSA) is 24.4 Å². The number of anilines is 1. The maximum atomic E-state index is 4.50. The summed E-state index contributed by atoms with van der Waals surface area (Å²) in [5.74, 6) is 0. The second-order valence-corrected chi connectivity index (χ2v) is 5.27. The summed E-state index contributed by atoms with van der Waals surface area (Å²) in [5.41, 5.74) is 6.12. The quantitative estimate of drug-likeness (QED) is 0.498. The molecule has 2 nitrogen and oxygen atoms in total. The highest BCUT2D eigenvalue weighted by Crippen LogP contribution is 2.14. The SMILES string of the molecule is C=CC(=C\CC)/C(C)=C/N=C(C)C(=C)Nc1cccc(C)c1. The van der Waals surface area contributed by atoms with Gasteiger partial charge in [0, 0.05) is 11.9 Å². The fraction of sp³-hybridized carbons (Fsp3) is 0.250. The van der Waals surface area contributed by atoms with Gasteiger partial charge in [-0.1, -0.05) is 44.4 Å². The molecular formula is C20H26N2. The Labute approximate surface area is 134 Å². The third-order valence-corrected chi connectivity index (χ3v) is 3.30. The third kappa shape index (κ3) is 5.57. The molecule has 0 fully saturated rings. The maximum Gasteiger partial charge on any atom is 0.0601 e. The van der Waals surface area contributed by atoms with Gasteiger partial charge in [0.1, 0.15) is 0 Å². The van der Waals surface area contributed by atoms with E-state index in [1.165, 1.54) is 5.56 Å². The van der Waals surface area contributed by atoms with E-state index in [-0.39, 0.29) is 0 Å². The molecule has 0 atom stereocenters. The van der Waals surface area contributed by atoms with Crippen LogP contribution < -0.4 is 5.32 Å². The van der Waals surface area contributed by atoms with Gasteiger partial charge in [-0.25, -0.2) is 0 Å². The number of nitrogens with zero attached hydrogens (tertiary/aromatic N) is 1. The summed E-state index contributed by atoms with van der Waals surface area (Å²) in [6.07, 6.45) is 6.85. The van der Waals surface area contributed by atoms with E-state index in [0.29, 0.717) is 0 Å². The van der Waals surface area contributed by atoms with E-state index in [1.807, 2.05) is 38.3 Å². The van der Waals surface area contributed by atoms with Gasteiger partial charge in [-0.2, -0.15) is 0 Å². The van der Waals surface area contributed by atoms with Crippen LogP contribution in [0, 0.1) is 6.92 Å². The smallest absolute Gasteiger partial charge is 0.0601 e. The van der Waals surface area contributed by atoms with Crippen molar-refractivity contribution >= 4 is 11.4 Å². The van der Waals surface area contributed by atoms with E-state index in [9.17, 15) is 0 Å². The zero-order valence-corrected chi connectivity index (χ0v) is 14.1. The van der Waals surface area contributed by atoms with Crippen molar-refractivity contribution < 1.29 is 0 Å². The van der Waals surface area contributed by atoms with Crippen LogP contribution in [0.25, 0.3) is 0 Å². The van der Waals surface area contributed by atoms with Crippen molar-refractivity contribution in [3.8, 4) is 0 Å². The van der Waals surface area contributed by atoms with E-state index in [2.05, 4.69) is 55.5 Å². The molecule has 0 heterocycles. The van der Waals surface area contributed by atoms with Crippen molar-refractivity contribution in [3.63, 3.8) is 0 Å². The molecule has 0 aliphatic heterocycles. The minimum absolute atomic E-state index is 0.800. The molecule has 1 N–H and O–H groups in total. The molecule has 0 unspecified atom stereocenters. The maximum absolute atomic E-state index is 4.50. The van der Waals surface area contributed by atoms with Crippen LogP contribution in [0.2, 0.25) is 0 Å². The molecule has 0 spiro atoms. The molecule has 0 bridgehead atoms. The molecule has 2 heteroatoms. The van der Waals surface area contributed by atoms with Crippen LogP contribution in [0.5, 0.6) is 0 Å². The minimum Gasteiger partial charge on any atom is -0.355 e. The second kappa shape index (κ2) is 8.83. The first-order chi connectivity index (χ1) is 10.5. The second-order valence-electron chi connectivity index (χ2n) is 5.27. The van der Waals surface area contributed by atoms with Crippen LogP contribution in [-0.2, 0) is 0 Å². The summed E-state index contributed by atoms with van der Waals surface area (Å²) in [6, 6.07) is 8.19. The van der Waals surface area contributed by atoms with Crippen LogP contribution in [-0.4, -0.2) is 5.71 Å². The van der Waals surface area contributed by atoms with E-state index in [0.717, 1.165) is 34.7 Å². The molecule has 116 valence electrons. The molecular weight excluding hydrogens is 268 g/mol. The predicted octanol–water partition coefficient (Wildman–Crippen LogP) is 5.81. The Balaban J connectivity index is 2.81. The van der Waals surface area contributed by atoms with Gasteiger partial charge in [0.05, 0.1) is 11.4 Å². The standard InChI is InChI=1S/C20H26N2/c1-7-10-19(8-2)16(4)14-21-17(5)18(6)22-20-12-9-11-15(3)13-20/h8-14,22H,2,6-7H2,1,3-5H3/b16-14+,19-10+,21-17?. The Morgan fingerprint density at radius 3 is 2.64 bits per heavy atom. The van der Waals surface area contributed by atoms with Gasteiger partial charge < -0.3 is 5.32 Å². The van der Waals surface area contributed by atoms with Crippen molar-refractivity contribution in [2.75, 3.05) is 5.32 Å². The first kappa shape index (κ1) is 17.7. The van der Waals surface area contributed by atoms with E-state index in [1.54, 1.807) is 0 Å². The number of rotatable bonds is 7. The van der Waals surface area contributed by atoms with Gasteiger partial charge in [0.15, 0.2) is 0 Å². The molecule has 0 aliphatic carbocycles. The van der Waals surface area contributed by atoms with Crippen molar-refractivity contribution in [2.45, 2.75) is 34.1 Å². The third-order valence-electron chi connectivity index (χ3n) is 3.30. The first-order valence-corrected chi connectivity index (χ1v) is 7.55. The van der Waals surface area contributed by atoms with Crippen molar-refractivity contribution in [1.82, 2.24) is 0 Å². The van der Waals surface area contributed by atoms with Crippen molar-refractivity contribution in [1.29, 1.82) is 0 Å². The Morgan fingerprint density at radius 2 is 2.05 bits per heavy atom. The highest BCUT2D eigenvalue weighted by atomic mass is 14.9. The minimum atomic E-state index is 0.800. The molecule has 0 saturated heterocycles. The van der Waals surface area contributed by atoms with Gasteiger partial charge in [-0.05, 0) is 56.0 Å². The number of hydrogen-bond acceptors (Lipinski definition) is 2. The highest BCUT2D eigenvalue weighted by molar-refractivity contribution is 6.00. The Hall–Kier alpha value is -2.35. The van der Waals surface area contributed by atoms with Gasteiger partial charge in [-0.3, -0.25) is 4.99 Å². The van der Waals surface area contributed by atoms with Crippen LogP contribution in [0.3, 0.4) is 0 Å². The zero-order chi connectivity index (χ0) is 16.5. The first-order valence-electron chi connectivity index (χ1n) is 7.55. The molecule has 0 amide bonds. The van der Waals surface area contributed by atoms with Gasteiger partial charge >= 0.3 is 0 Å². The van der Waals surface area contributed by atoms with E-state index >= 15 is 0 Å². The Morgan fingerprint density at radius 1 is 1.32 bits per heavy atom. The van der Waals surface area contributed by atoms with Gasteiger partial charge in [0.25, 0.3) is 0 Å². The Kier molecular flexibility index (Phi) is 7.11. The lowest BCUT2D eigenvalue weighted by Crippen LogP contribution is -2.06. The number of nitrogens with one attached hydrogen (secondary N) is 1. The number of benzene rings is 1. The normalized spacial score (nSPS) is 13.0. The summed E-state index contributed by atoms with van der Waals surface area (Å²) in [5, 5.41) is 3.29. The fourth-order valence-electron chi connectivity index (χ4n) is 1.96. The van der Waals surface area contributed by atoms with Gasteiger partial charge in [-0.15, -0.1) is 0 Å². The summed E-state index contributed by atoms with van der Waals surface area (Å²) < 4.78 is 0. The summed E-state index contributed by atoms with van der Waals surface area (Å²) >= 11 is 0. The number of hydrogen-bond donors (Lipinski definition) is 1. The summed E-state index contributed by atoms with van der Waals surface area (Å²) in [7, 11) is 0. The van der Waals surface area contributed by atoms with Crippen LogP contribution in [0.1, 0.15) is 32.8 Å². The van der Waals surface area contributed by atoms with E-state index in [4.69, 9.17) is 0 Å². The zero-order valence-electron chi connectivity index (χ0n) is 14.1. The van der Waals surface area contributed by atoms with Crippen LogP contribution in [0.4, 0.5) is 5.69 Å². The van der Waals surface area contributed by atoms with Gasteiger partial charge in [0.2, 0.25) is 0 Å². The van der Waals surface area contributed by atoms with Crippen molar-refractivity contribution in [2.24, 2.45) is 4.99 Å². The number of aliphatic imine (C=N–C) groups is 1. The fourth-order valence-corrected chi connectivity index (χ4v) is 1.96. The molecule has 0 aliphatic rings. The molecule has 0 saturated carbocycles. The molecule has 0 radical (unpaired) electrons. The molecule has 22 heavy (non-hydrogen) atoms. The summed E-state index contributed by atoms with van der Waals surface area (Å²) in [4.78, 5) is 4.50. The summed E-state index contributed by atoms with van der Waals surface area (Å²) in [6.45, 7) is 16.1. The lowest BCUT2D eigenvalue weighted by molar-refractivity contribution is 1.19. The predicted molar refractivity (Wildman–Crippen MR) is 99.4 cm³/mol. The van der Waals surface area contributed by atoms with Crippen molar-refractivity contribution in [3.05, 3.63) is 78.2 Å². The largest absolute Gasteiger partial charge is 0.355 e. The number of allylic oxidation sites excluding steroid dienone is 5. The molecule has 1 aromatic carbocycles. The Bertz CT molecular complexity index is 631. The lowest BCUT2D eigenvalue weighted by Gasteiger charge is -2.09. The molecule has 1 rings (SSSR count). The number of aryl methyl sites for hydroxylation is 1.